The van der Waals surface area contributed by atoms with E-state index in [0.717, 1.165) is 24.4 Å². The van der Waals surface area contributed by atoms with Crippen LogP contribution in [0, 0.1) is 0 Å². The second-order valence-electron chi connectivity index (χ2n) is 5.00. The number of benzene rings is 1. The fraction of sp³-hybridized carbons (Fsp3) is 0.312. The molecular formula is C16H17ClN2. The van der Waals surface area contributed by atoms with Crippen molar-refractivity contribution >= 4 is 11.6 Å². The summed E-state index contributed by atoms with van der Waals surface area (Å²) in [6.07, 6.45) is 5.42. The average Bonchev–Trinajstić information content (AvgIpc) is 2.45. The summed E-state index contributed by atoms with van der Waals surface area (Å²) in [5.74, 6) is 0. The third kappa shape index (κ3) is 2.96. The topological polar surface area (TPSA) is 24.9 Å². The SMILES string of the molecule is Clc1cccc(CNC2CCCc3cccnc32)c1. The lowest BCUT2D eigenvalue weighted by Crippen LogP contribution is -2.25. The molecule has 3 heteroatoms. The lowest BCUT2D eigenvalue weighted by molar-refractivity contribution is 0.447. The number of hydrogen-bond acceptors (Lipinski definition) is 2. The Morgan fingerprint density at radius 1 is 1.26 bits per heavy atom. The fourth-order valence-corrected chi connectivity index (χ4v) is 2.91. The zero-order valence-electron chi connectivity index (χ0n) is 10.8. The highest BCUT2D eigenvalue weighted by atomic mass is 35.5. The number of aromatic nitrogens is 1. The maximum absolute atomic E-state index is 6.01. The van der Waals surface area contributed by atoms with Crippen LogP contribution in [0.3, 0.4) is 0 Å². The van der Waals surface area contributed by atoms with Gasteiger partial charge in [-0.25, -0.2) is 0 Å². The molecule has 0 spiro atoms. The molecule has 0 saturated heterocycles. The van der Waals surface area contributed by atoms with Crippen LogP contribution in [0.25, 0.3) is 0 Å². The van der Waals surface area contributed by atoms with Gasteiger partial charge in [-0.2, -0.15) is 0 Å². The quantitative estimate of drug-likeness (QED) is 0.917. The molecule has 1 atom stereocenters. The standard InChI is InChI=1S/C16H17ClN2/c17-14-7-1-4-12(10-14)11-19-15-8-2-5-13-6-3-9-18-16(13)15/h1,3-4,6-7,9-10,15,19H,2,5,8,11H2. The summed E-state index contributed by atoms with van der Waals surface area (Å²) < 4.78 is 0. The lowest BCUT2D eigenvalue weighted by Gasteiger charge is -2.25. The number of pyridine rings is 1. The molecule has 2 aromatic rings. The van der Waals surface area contributed by atoms with Gasteiger partial charge in [0.1, 0.15) is 0 Å². The molecule has 1 heterocycles. The number of rotatable bonds is 3. The Labute approximate surface area is 118 Å². The minimum Gasteiger partial charge on any atom is -0.305 e. The van der Waals surface area contributed by atoms with Crippen molar-refractivity contribution < 1.29 is 0 Å². The maximum atomic E-state index is 6.01. The molecule has 98 valence electrons. The Kier molecular flexibility index (Phi) is 3.81. The summed E-state index contributed by atoms with van der Waals surface area (Å²) in [6.45, 7) is 0.835. The Balaban J connectivity index is 1.71. The largest absolute Gasteiger partial charge is 0.305 e. The van der Waals surface area contributed by atoms with Crippen molar-refractivity contribution in [2.75, 3.05) is 0 Å². The molecular weight excluding hydrogens is 256 g/mol. The molecule has 1 unspecified atom stereocenters. The minimum atomic E-state index is 0.365. The predicted molar refractivity (Wildman–Crippen MR) is 78.2 cm³/mol. The zero-order chi connectivity index (χ0) is 13.1. The van der Waals surface area contributed by atoms with Crippen LogP contribution in [0.15, 0.2) is 42.6 Å². The maximum Gasteiger partial charge on any atom is 0.0605 e. The molecule has 0 fully saturated rings. The zero-order valence-corrected chi connectivity index (χ0v) is 11.5. The van der Waals surface area contributed by atoms with Crippen molar-refractivity contribution in [1.82, 2.24) is 10.3 Å². The molecule has 3 rings (SSSR count). The summed E-state index contributed by atoms with van der Waals surface area (Å²) in [7, 11) is 0. The van der Waals surface area contributed by atoms with Crippen molar-refractivity contribution in [3.63, 3.8) is 0 Å². The van der Waals surface area contributed by atoms with Crippen LogP contribution in [0.4, 0.5) is 0 Å². The first kappa shape index (κ1) is 12.6. The van der Waals surface area contributed by atoms with Gasteiger partial charge in [-0.15, -0.1) is 0 Å². The first-order valence-corrected chi connectivity index (χ1v) is 7.12. The number of nitrogens with one attached hydrogen (secondary N) is 1. The first-order valence-electron chi connectivity index (χ1n) is 6.74. The monoisotopic (exact) mass is 272 g/mol. The van der Waals surface area contributed by atoms with Gasteiger partial charge >= 0.3 is 0 Å². The smallest absolute Gasteiger partial charge is 0.0605 e. The van der Waals surface area contributed by atoms with E-state index in [2.05, 4.69) is 22.4 Å². The van der Waals surface area contributed by atoms with Gasteiger partial charge in [-0.1, -0.05) is 29.8 Å². The Morgan fingerprint density at radius 3 is 3.11 bits per heavy atom. The van der Waals surface area contributed by atoms with Gasteiger partial charge in [0.25, 0.3) is 0 Å². The van der Waals surface area contributed by atoms with E-state index in [1.807, 2.05) is 30.5 Å². The Hall–Kier alpha value is -1.38. The van der Waals surface area contributed by atoms with Gasteiger partial charge in [0, 0.05) is 17.8 Å². The highest BCUT2D eigenvalue weighted by Gasteiger charge is 2.20. The summed E-state index contributed by atoms with van der Waals surface area (Å²) >= 11 is 6.01. The van der Waals surface area contributed by atoms with Gasteiger partial charge in [0.05, 0.1) is 11.7 Å². The number of aryl methyl sites for hydroxylation is 1. The van der Waals surface area contributed by atoms with Crippen LogP contribution in [0.5, 0.6) is 0 Å². The third-order valence-electron chi connectivity index (χ3n) is 3.64. The summed E-state index contributed by atoms with van der Waals surface area (Å²) in [5.41, 5.74) is 3.82. The van der Waals surface area contributed by atoms with Crippen molar-refractivity contribution in [1.29, 1.82) is 0 Å². The molecule has 1 aromatic carbocycles. The van der Waals surface area contributed by atoms with E-state index in [1.165, 1.54) is 23.2 Å². The van der Waals surface area contributed by atoms with E-state index in [4.69, 9.17) is 11.6 Å². The predicted octanol–water partition coefficient (Wildman–Crippen LogP) is 3.90. The van der Waals surface area contributed by atoms with Crippen molar-refractivity contribution in [3.8, 4) is 0 Å². The normalized spacial score (nSPS) is 18.1. The van der Waals surface area contributed by atoms with Crippen molar-refractivity contribution in [2.45, 2.75) is 31.8 Å². The van der Waals surface area contributed by atoms with Crippen LogP contribution in [0.2, 0.25) is 5.02 Å². The number of nitrogens with zero attached hydrogens (tertiary/aromatic N) is 1. The molecule has 19 heavy (non-hydrogen) atoms. The highest BCUT2D eigenvalue weighted by molar-refractivity contribution is 6.30. The molecule has 1 aromatic heterocycles. The lowest BCUT2D eigenvalue weighted by atomic mass is 9.92. The van der Waals surface area contributed by atoms with Crippen LogP contribution in [-0.2, 0) is 13.0 Å². The molecule has 0 bridgehead atoms. The summed E-state index contributed by atoms with van der Waals surface area (Å²) in [6, 6.07) is 12.6. The highest BCUT2D eigenvalue weighted by Crippen LogP contribution is 2.27. The van der Waals surface area contributed by atoms with Crippen LogP contribution in [0.1, 0.15) is 35.7 Å². The van der Waals surface area contributed by atoms with Crippen LogP contribution >= 0.6 is 11.6 Å². The summed E-state index contributed by atoms with van der Waals surface area (Å²) in [5, 5.41) is 4.39. The van der Waals surface area contributed by atoms with Gasteiger partial charge in [0.2, 0.25) is 0 Å². The number of halogens is 1. The van der Waals surface area contributed by atoms with E-state index in [0.29, 0.717) is 6.04 Å². The minimum absolute atomic E-state index is 0.365. The van der Waals surface area contributed by atoms with E-state index < -0.39 is 0 Å². The van der Waals surface area contributed by atoms with E-state index >= 15 is 0 Å². The van der Waals surface area contributed by atoms with Crippen LogP contribution in [-0.4, -0.2) is 4.98 Å². The molecule has 0 aliphatic heterocycles. The average molecular weight is 273 g/mol. The molecule has 1 aliphatic rings. The molecule has 1 N–H and O–H groups in total. The van der Waals surface area contributed by atoms with Crippen molar-refractivity contribution in [3.05, 3.63) is 64.4 Å². The second-order valence-corrected chi connectivity index (χ2v) is 5.44. The van der Waals surface area contributed by atoms with Gasteiger partial charge < -0.3 is 5.32 Å². The Bertz CT molecular complexity index is 568. The second kappa shape index (κ2) is 5.72. The molecule has 0 saturated carbocycles. The summed E-state index contributed by atoms with van der Waals surface area (Å²) in [4.78, 5) is 4.54. The van der Waals surface area contributed by atoms with E-state index in [1.54, 1.807) is 0 Å². The number of fused-ring (bicyclic) bond motifs is 1. The molecule has 0 radical (unpaired) electrons. The third-order valence-corrected chi connectivity index (χ3v) is 3.87. The number of hydrogen-bond donors (Lipinski definition) is 1. The fourth-order valence-electron chi connectivity index (χ4n) is 2.70. The molecule has 2 nitrogen and oxygen atoms in total. The van der Waals surface area contributed by atoms with Crippen LogP contribution < -0.4 is 5.32 Å². The van der Waals surface area contributed by atoms with Gasteiger partial charge in [-0.3, -0.25) is 4.98 Å². The molecule has 0 amide bonds. The first-order chi connectivity index (χ1) is 9.33. The molecule has 1 aliphatic carbocycles. The van der Waals surface area contributed by atoms with Crippen molar-refractivity contribution in [2.24, 2.45) is 0 Å². The van der Waals surface area contributed by atoms with Gasteiger partial charge in [0.15, 0.2) is 0 Å². The Morgan fingerprint density at radius 2 is 2.21 bits per heavy atom. The van der Waals surface area contributed by atoms with E-state index in [-0.39, 0.29) is 0 Å². The van der Waals surface area contributed by atoms with E-state index in [9.17, 15) is 0 Å². The van der Waals surface area contributed by atoms with Gasteiger partial charge in [-0.05, 0) is 48.6 Å².